The summed E-state index contributed by atoms with van der Waals surface area (Å²) in [5.74, 6) is -0.795. The molecule has 0 spiro atoms. The number of nitrogens with zero attached hydrogens (tertiary/aromatic N) is 2. The van der Waals surface area contributed by atoms with Crippen molar-refractivity contribution < 1.29 is 9.90 Å². The quantitative estimate of drug-likeness (QED) is 0.733. The Morgan fingerprint density at radius 1 is 1.69 bits per heavy atom. The Bertz CT molecular complexity index is 351. The first kappa shape index (κ1) is 8.16. The second-order valence-corrected chi connectivity index (χ2v) is 3.35. The minimum atomic E-state index is -0.715. The van der Waals surface area contributed by atoms with E-state index in [9.17, 15) is 4.79 Å². The molecule has 1 fully saturated rings. The van der Waals surface area contributed by atoms with E-state index in [2.05, 4.69) is 9.97 Å². The van der Waals surface area contributed by atoms with E-state index in [0.717, 1.165) is 17.7 Å². The Kier molecular flexibility index (Phi) is 1.76. The van der Waals surface area contributed by atoms with Crippen molar-refractivity contribution >= 4 is 5.97 Å². The lowest BCUT2D eigenvalue weighted by atomic mass is 10.1. The lowest BCUT2D eigenvalue weighted by Gasteiger charge is -2.00. The zero-order valence-electron chi connectivity index (χ0n) is 7.27. The second-order valence-electron chi connectivity index (χ2n) is 3.35. The van der Waals surface area contributed by atoms with E-state index in [1.54, 1.807) is 6.20 Å². The van der Waals surface area contributed by atoms with Crippen LogP contribution in [0, 0.1) is 12.8 Å². The first-order valence-corrected chi connectivity index (χ1v) is 4.19. The fourth-order valence-corrected chi connectivity index (χ4v) is 1.58. The zero-order chi connectivity index (χ0) is 9.42. The first-order chi connectivity index (χ1) is 6.20. The molecule has 1 heterocycles. The van der Waals surface area contributed by atoms with Gasteiger partial charge in [0, 0.05) is 17.8 Å². The van der Waals surface area contributed by atoms with Gasteiger partial charge in [-0.15, -0.1) is 0 Å². The molecule has 4 nitrogen and oxygen atoms in total. The number of hydrogen-bond acceptors (Lipinski definition) is 3. The average Bonchev–Trinajstić information content (AvgIpc) is 2.84. The largest absolute Gasteiger partial charge is 0.481 e. The van der Waals surface area contributed by atoms with E-state index in [4.69, 9.17) is 5.11 Å². The Morgan fingerprint density at radius 2 is 2.46 bits per heavy atom. The van der Waals surface area contributed by atoms with Gasteiger partial charge < -0.3 is 5.11 Å². The summed E-state index contributed by atoms with van der Waals surface area (Å²) < 4.78 is 0. The van der Waals surface area contributed by atoms with Gasteiger partial charge in [0.15, 0.2) is 0 Å². The number of hydrogen-bond donors (Lipinski definition) is 1. The van der Waals surface area contributed by atoms with Crippen molar-refractivity contribution in [2.45, 2.75) is 19.3 Å². The molecule has 0 amide bonds. The fourth-order valence-electron chi connectivity index (χ4n) is 1.58. The lowest BCUT2D eigenvalue weighted by Crippen LogP contribution is -2.00. The van der Waals surface area contributed by atoms with Crippen LogP contribution in [-0.4, -0.2) is 21.0 Å². The summed E-state index contributed by atoms with van der Waals surface area (Å²) in [6.07, 6.45) is 3.93. The van der Waals surface area contributed by atoms with Gasteiger partial charge >= 0.3 is 5.97 Å². The van der Waals surface area contributed by atoms with Crippen molar-refractivity contribution in [3.63, 3.8) is 0 Å². The molecule has 1 N–H and O–H groups in total. The van der Waals surface area contributed by atoms with Crippen molar-refractivity contribution in [3.8, 4) is 0 Å². The van der Waals surface area contributed by atoms with Gasteiger partial charge in [-0.25, -0.2) is 9.97 Å². The highest BCUT2D eigenvalue weighted by Crippen LogP contribution is 2.47. The Balaban J connectivity index is 2.21. The van der Waals surface area contributed by atoms with Crippen LogP contribution in [0.2, 0.25) is 0 Å². The number of aliphatic carboxylic acids is 1. The van der Waals surface area contributed by atoms with Gasteiger partial charge in [0.05, 0.1) is 5.92 Å². The molecule has 1 aromatic heterocycles. The molecule has 0 saturated heterocycles. The van der Waals surface area contributed by atoms with Crippen LogP contribution >= 0.6 is 0 Å². The monoisotopic (exact) mass is 178 g/mol. The summed E-state index contributed by atoms with van der Waals surface area (Å²) in [6.45, 7) is 1.88. The average molecular weight is 178 g/mol. The summed E-state index contributed by atoms with van der Waals surface area (Å²) in [6, 6.07) is 0. The summed E-state index contributed by atoms with van der Waals surface area (Å²) in [5.41, 5.74) is 1.87. The predicted octanol–water partition coefficient (Wildman–Crippen LogP) is 0.973. The van der Waals surface area contributed by atoms with Crippen LogP contribution in [0.15, 0.2) is 12.5 Å². The van der Waals surface area contributed by atoms with Crippen molar-refractivity contribution in [2.24, 2.45) is 5.92 Å². The van der Waals surface area contributed by atoms with Gasteiger partial charge in [0.25, 0.3) is 0 Å². The van der Waals surface area contributed by atoms with Crippen LogP contribution in [0.4, 0.5) is 0 Å². The SMILES string of the molecule is Cc1ncncc1[C@H]1C[C@@H]1C(=O)O. The molecule has 4 heteroatoms. The third kappa shape index (κ3) is 1.39. The number of carboxylic acids is 1. The zero-order valence-corrected chi connectivity index (χ0v) is 7.27. The first-order valence-electron chi connectivity index (χ1n) is 4.19. The summed E-state index contributed by atoms with van der Waals surface area (Å²) >= 11 is 0. The van der Waals surface area contributed by atoms with Crippen LogP contribution < -0.4 is 0 Å². The summed E-state index contributed by atoms with van der Waals surface area (Å²) in [7, 11) is 0. The molecule has 2 rings (SSSR count). The van der Waals surface area contributed by atoms with Gasteiger partial charge in [-0.3, -0.25) is 4.79 Å². The molecule has 0 bridgehead atoms. The molecule has 2 atom stereocenters. The van der Waals surface area contributed by atoms with E-state index in [1.165, 1.54) is 6.33 Å². The molecule has 0 unspecified atom stereocenters. The highest BCUT2D eigenvalue weighted by molar-refractivity contribution is 5.75. The molecular formula is C9H10N2O2. The van der Waals surface area contributed by atoms with Crippen LogP contribution in [0.5, 0.6) is 0 Å². The van der Waals surface area contributed by atoms with Crippen molar-refractivity contribution in [3.05, 3.63) is 23.8 Å². The number of aromatic nitrogens is 2. The Labute approximate surface area is 75.6 Å². The normalized spacial score (nSPS) is 25.6. The molecule has 1 aliphatic rings. The molecule has 1 saturated carbocycles. The molecular weight excluding hydrogens is 168 g/mol. The smallest absolute Gasteiger partial charge is 0.307 e. The van der Waals surface area contributed by atoms with Crippen molar-refractivity contribution in [1.29, 1.82) is 0 Å². The highest BCUT2D eigenvalue weighted by Gasteiger charge is 2.45. The Morgan fingerprint density at radius 3 is 3.00 bits per heavy atom. The lowest BCUT2D eigenvalue weighted by molar-refractivity contribution is -0.138. The second kappa shape index (κ2) is 2.80. The predicted molar refractivity (Wildman–Crippen MR) is 45.3 cm³/mol. The van der Waals surface area contributed by atoms with Crippen LogP contribution in [0.3, 0.4) is 0 Å². The van der Waals surface area contributed by atoms with Crippen molar-refractivity contribution in [2.75, 3.05) is 0 Å². The van der Waals surface area contributed by atoms with Gasteiger partial charge in [-0.05, 0) is 18.9 Å². The number of carbonyl (C=O) groups is 1. The van der Waals surface area contributed by atoms with E-state index >= 15 is 0 Å². The maximum absolute atomic E-state index is 10.6. The number of aryl methyl sites for hydroxylation is 1. The summed E-state index contributed by atoms with van der Waals surface area (Å²) in [5, 5.41) is 8.74. The Hall–Kier alpha value is -1.45. The van der Waals surface area contributed by atoms with Gasteiger partial charge in [0.1, 0.15) is 6.33 Å². The van der Waals surface area contributed by atoms with Crippen LogP contribution in [0.25, 0.3) is 0 Å². The van der Waals surface area contributed by atoms with Crippen LogP contribution in [-0.2, 0) is 4.79 Å². The van der Waals surface area contributed by atoms with E-state index in [1.807, 2.05) is 6.92 Å². The number of carboxylic acid groups (broad SMARTS) is 1. The molecule has 0 aromatic carbocycles. The molecule has 13 heavy (non-hydrogen) atoms. The molecule has 1 aromatic rings. The molecule has 1 aliphatic carbocycles. The third-order valence-corrected chi connectivity index (χ3v) is 2.46. The van der Waals surface area contributed by atoms with E-state index in [0.29, 0.717) is 0 Å². The topological polar surface area (TPSA) is 63.1 Å². The summed E-state index contributed by atoms with van der Waals surface area (Å²) in [4.78, 5) is 18.5. The van der Waals surface area contributed by atoms with Gasteiger partial charge in [0.2, 0.25) is 0 Å². The minimum Gasteiger partial charge on any atom is -0.481 e. The fraction of sp³-hybridized carbons (Fsp3) is 0.444. The minimum absolute atomic E-state index is 0.138. The molecule has 68 valence electrons. The van der Waals surface area contributed by atoms with Gasteiger partial charge in [-0.1, -0.05) is 0 Å². The van der Waals surface area contributed by atoms with Crippen LogP contribution in [0.1, 0.15) is 23.6 Å². The highest BCUT2D eigenvalue weighted by atomic mass is 16.4. The standard InChI is InChI=1S/C9H10N2O2/c1-5-8(3-10-4-11-5)6-2-7(6)9(12)13/h3-4,6-7H,2H2,1H3,(H,12,13)/t6-,7-/m0/s1. The molecule has 0 radical (unpaired) electrons. The third-order valence-electron chi connectivity index (χ3n) is 2.46. The number of rotatable bonds is 2. The molecule has 0 aliphatic heterocycles. The van der Waals surface area contributed by atoms with Crippen molar-refractivity contribution in [1.82, 2.24) is 9.97 Å². The maximum atomic E-state index is 10.6. The van der Waals surface area contributed by atoms with E-state index in [-0.39, 0.29) is 11.8 Å². The van der Waals surface area contributed by atoms with E-state index < -0.39 is 5.97 Å². The maximum Gasteiger partial charge on any atom is 0.307 e. The van der Waals surface area contributed by atoms with Gasteiger partial charge in [-0.2, -0.15) is 0 Å².